The maximum Gasteiger partial charge on any atom is 0.223 e. The van der Waals surface area contributed by atoms with E-state index in [9.17, 15) is 4.79 Å². The molecule has 2 aliphatic rings. The third-order valence-corrected chi connectivity index (χ3v) is 5.16. The van der Waals surface area contributed by atoms with Gasteiger partial charge >= 0.3 is 0 Å². The van der Waals surface area contributed by atoms with Gasteiger partial charge in [-0.15, -0.1) is 0 Å². The number of methoxy groups -OCH3 is 1. The first-order chi connectivity index (χ1) is 11.6. The van der Waals surface area contributed by atoms with Crippen LogP contribution in [0.25, 0.3) is 0 Å². The lowest BCUT2D eigenvalue weighted by Gasteiger charge is -2.28. The number of aryl methyl sites for hydroxylation is 1. The molecule has 7 nitrogen and oxygen atoms in total. The van der Waals surface area contributed by atoms with Crippen LogP contribution in [0, 0.1) is 5.92 Å². The summed E-state index contributed by atoms with van der Waals surface area (Å²) in [6.45, 7) is 4.90. The highest BCUT2D eigenvalue weighted by atomic mass is 16.5. The highest BCUT2D eigenvalue weighted by Gasteiger charge is 2.41. The molecular formula is C17H28N4O3. The van der Waals surface area contributed by atoms with Crippen LogP contribution in [-0.4, -0.2) is 66.1 Å². The average Bonchev–Trinajstić information content (AvgIpc) is 3.23. The molecule has 1 amide bonds. The van der Waals surface area contributed by atoms with Gasteiger partial charge in [0.05, 0.1) is 24.9 Å². The molecule has 0 radical (unpaired) electrons. The molecule has 3 heterocycles. The van der Waals surface area contributed by atoms with Crippen molar-refractivity contribution in [2.45, 2.75) is 38.0 Å². The van der Waals surface area contributed by atoms with E-state index in [1.807, 2.05) is 24.3 Å². The van der Waals surface area contributed by atoms with Crippen LogP contribution >= 0.6 is 0 Å². The van der Waals surface area contributed by atoms with Gasteiger partial charge in [-0.25, -0.2) is 0 Å². The minimum absolute atomic E-state index is 0.0616. The van der Waals surface area contributed by atoms with Crippen LogP contribution in [0.5, 0.6) is 0 Å². The van der Waals surface area contributed by atoms with Crippen molar-refractivity contribution in [3.8, 4) is 0 Å². The minimum Gasteiger partial charge on any atom is -0.383 e. The topological polar surface area (TPSA) is 68.6 Å². The van der Waals surface area contributed by atoms with Crippen LogP contribution in [0.1, 0.15) is 31.4 Å². The van der Waals surface area contributed by atoms with Crippen molar-refractivity contribution >= 4 is 5.91 Å². The normalized spacial score (nSPS) is 30.5. The number of nitrogens with zero attached hydrogens (tertiary/aromatic N) is 3. The van der Waals surface area contributed by atoms with E-state index < -0.39 is 0 Å². The number of likely N-dealkylation sites (tertiary alicyclic amines) is 1. The summed E-state index contributed by atoms with van der Waals surface area (Å²) in [6, 6.07) is 0.439. The van der Waals surface area contributed by atoms with Crippen molar-refractivity contribution in [2.75, 3.05) is 33.4 Å². The van der Waals surface area contributed by atoms with Gasteiger partial charge in [0.1, 0.15) is 0 Å². The number of aromatic nitrogens is 2. The Morgan fingerprint density at radius 3 is 2.96 bits per heavy atom. The number of rotatable bonds is 7. The first-order valence-corrected chi connectivity index (χ1v) is 8.72. The molecule has 0 aliphatic carbocycles. The molecule has 24 heavy (non-hydrogen) atoms. The van der Waals surface area contributed by atoms with Gasteiger partial charge in [-0.1, -0.05) is 0 Å². The fourth-order valence-corrected chi connectivity index (χ4v) is 3.85. The Balaban J connectivity index is 1.72. The van der Waals surface area contributed by atoms with Crippen LogP contribution in [0.4, 0.5) is 0 Å². The molecule has 7 heteroatoms. The van der Waals surface area contributed by atoms with E-state index in [1.165, 1.54) is 0 Å². The fourth-order valence-electron chi connectivity index (χ4n) is 3.85. The quantitative estimate of drug-likeness (QED) is 0.795. The van der Waals surface area contributed by atoms with Crippen molar-refractivity contribution in [1.82, 2.24) is 20.0 Å². The van der Waals surface area contributed by atoms with Crippen molar-refractivity contribution in [3.63, 3.8) is 0 Å². The van der Waals surface area contributed by atoms with Gasteiger partial charge in [0, 0.05) is 64.0 Å². The number of amides is 1. The van der Waals surface area contributed by atoms with E-state index in [0.717, 1.165) is 25.1 Å². The third-order valence-electron chi connectivity index (χ3n) is 5.16. The monoisotopic (exact) mass is 336 g/mol. The van der Waals surface area contributed by atoms with Gasteiger partial charge in [-0.2, -0.15) is 5.10 Å². The summed E-state index contributed by atoms with van der Waals surface area (Å²) >= 11 is 0. The first-order valence-electron chi connectivity index (χ1n) is 8.72. The van der Waals surface area contributed by atoms with Crippen molar-refractivity contribution in [1.29, 1.82) is 0 Å². The summed E-state index contributed by atoms with van der Waals surface area (Å²) in [5.74, 6) is 0.440. The lowest BCUT2D eigenvalue weighted by molar-refractivity contribution is -0.129. The van der Waals surface area contributed by atoms with Gasteiger partial charge in [0.15, 0.2) is 0 Å². The molecule has 0 saturated carbocycles. The minimum atomic E-state index is 0.0616. The lowest BCUT2D eigenvalue weighted by Crippen LogP contribution is -2.39. The average molecular weight is 336 g/mol. The maximum atomic E-state index is 12.5. The summed E-state index contributed by atoms with van der Waals surface area (Å²) in [7, 11) is 3.57. The predicted octanol–water partition coefficient (Wildman–Crippen LogP) is 0.723. The number of hydrogen-bond donors (Lipinski definition) is 1. The van der Waals surface area contributed by atoms with E-state index in [-0.39, 0.29) is 24.0 Å². The Morgan fingerprint density at radius 2 is 2.33 bits per heavy atom. The Bertz CT molecular complexity index is 562. The second-order valence-electron chi connectivity index (χ2n) is 6.82. The highest BCUT2D eigenvalue weighted by Crippen LogP contribution is 2.37. The smallest absolute Gasteiger partial charge is 0.223 e. The first kappa shape index (κ1) is 17.4. The van der Waals surface area contributed by atoms with Crippen LogP contribution in [-0.2, 0) is 21.3 Å². The number of hydrogen-bond acceptors (Lipinski definition) is 5. The predicted molar refractivity (Wildman–Crippen MR) is 89.5 cm³/mol. The van der Waals surface area contributed by atoms with Gasteiger partial charge < -0.3 is 19.7 Å². The molecule has 0 aromatic carbocycles. The molecule has 2 aliphatic heterocycles. The van der Waals surface area contributed by atoms with Crippen LogP contribution in [0.15, 0.2) is 12.4 Å². The zero-order valence-electron chi connectivity index (χ0n) is 14.8. The molecule has 2 unspecified atom stereocenters. The zero-order valence-corrected chi connectivity index (χ0v) is 14.8. The van der Waals surface area contributed by atoms with Crippen LogP contribution < -0.4 is 5.32 Å². The molecule has 4 atom stereocenters. The Morgan fingerprint density at radius 1 is 1.50 bits per heavy atom. The molecule has 1 aromatic rings. The second-order valence-corrected chi connectivity index (χ2v) is 6.82. The Labute approximate surface area is 143 Å². The standard InChI is InChI=1S/C17H28N4O3/c1-12-15(4-6-24-12)18-9-13-8-16(22)21(5-7-23-3)17(13)14-10-19-20(2)11-14/h10-13,15,17-18H,4-9H2,1-3H3/t12?,13-,15?,17+/m0/s1. The van der Waals surface area contributed by atoms with Gasteiger partial charge in [-0.3, -0.25) is 9.48 Å². The summed E-state index contributed by atoms with van der Waals surface area (Å²) in [6.07, 6.45) is 5.73. The van der Waals surface area contributed by atoms with Gasteiger partial charge in [0.25, 0.3) is 0 Å². The van der Waals surface area contributed by atoms with E-state index >= 15 is 0 Å². The summed E-state index contributed by atoms with van der Waals surface area (Å²) < 4.78 is 12.6. The lowest BCUT2D eigenvalue weighted by atomic mass is 9.95. The largest absolute Gasteiger partial charge is 0.383 e. The molecule has 1 aromatic heterocycles. The van der Waals surface area contributed by atoms with Crippen LogP contribution in [0.3, 0.4) is 0 Å². The molecule has 2 fully saturated rings. The van der Waals surface area contributed by atoms with Crippen LogP contribution in [0.2, 0.25) is 0 Å². The van der Waals surface area contributed by atoms with E-state index in [1.54, 1.807) is 11.8 Å². The Kier molecular flexibility index (Phi) is 5.53. The van der Waals surface area contributed by atoms with Crippen molar-refractivity contribution in [3.05, 3.63) is 18.0 Å². The highest BCUT2D eigenvalue weighted by molar-refractivity contribution is 5.79. The molecular weight excluding hydrogens is 308 g/mol. The van der Waals surface area contributed by atoms with Gasteiger partial charge in [-0.05, 0) is 13.3 Å². The fraction of sp³-hybridized carbons (Fsp3) is 0.765. The number of carbonyl (C=O) groups excluding carboxylic acids is 1. The number of carbonyl (C=O) groups is 1. The number of ether oxygens (including phenoxy) is 2. The van der Waals surface area contributed by atoms with E-state index in [4.69, 9.17) is 9.47 Å². The molecule has 2 saturated heterocycles. The molecule has 134 valence electrons. The third kappa shape index (κ3) is 3.63. The zero-order chi connectivity index (χ0) is 17.1. The number of nitrogens with one attached hydrogen (secondary N) is 1. The molecule has 1 N–H and O–H groups in total. The molecule has 0 spiro atoms. The SMILES string of the molecule is COCCN1C(=O)C[C@@H](CNC2CCOC2C)[C@@H]1c1cnn(C)c1. The van der Waals surface area contributed by atoms with Gasteiger partial charge in [0.2, 0.25) is 5.91 Å². The Hall–Kier alpha value is -1.44. The van der Waals surface area contributed by atoms with E-state index in [0.29, 0.717) is 25.6 Å². The van der Waals surface area contributed by atoms with E-state index in [2.05, 4.69) is 17.3 Å². The maximum absolute atomic E-state index is 12.5. The molecule has 0 bridgehead atoms. The summed E-state index contributed by atoms with van der Waals surface area (Å²) in [5.41, 5.74) is 1.10. The summed E-state index contributed by atoms with van der Waals surface area (Å²) in [4.78, 5) is 14.5. The van der Waals surface area contributed by atoms with Crippen molar-refractivity contribution in [2.24, 2.45) is 13.0 Å². The summed E-state index contributed by atoms with van der Waals surface area (Å²) in [5, 5.41) is 7.91. The molecule has 3 rings (SSSR count). The van der Waals surface area contributed by atoms with Crippen molar-refractivity contribution < 1.29 is 14.3 Å². The second kappa shape index (κ2) is 7.63.